The van der Waals surface area contributed by atoms with Crippen LogP contribution in [0.1, 0.15) is 70.9 Å². The lowest BCUT2D eigenvalue weighted by Gasteiger charge is -2.39. The number of aromatic amines is 1. The quantitative estimate of drug-likeness (QED) is 0.0588. The molecule has 0 aliphatic carbocycles. The molecule has 3 aromatic carbocycles. The number of alkyl carbamates (subject to hydrolysis) is 1. The minimum atomic E-state index is -1.92. The van der Waals surface area contributed by atoms with E-state index in [2.05, 4.69) is 21.0 Å². The van der Waals surface area contributed by atoms with Gasteiger partial charge in [0.1, 0.15) is 35.3 Å². The number of hydrogen-bond acceptors (Lipinski definition) is 12. The highest BCUT2D eigenvalue weighted by molar-refractivity contribution is 7.44. The third kappa shape index (κ3) is 10.8. The van der Waals surface area contributed by atoms with Crippen LogP contribution < -0.4 is 26.0 Å². The molecule has 0 radical (unpaired) electrons. The van der Waals surface area contributed by atoms with Gasteiger partial charge in [0.2, 0.25) is 0 Å². The number of nitriles is 1. The van der Waals surface area contributed by atoms with E-state index in [9.17, 15) is 19.6 Å². The summed E-state index contributed by atoms with van der Waals surface area (Å²) in [6, 6.07) is 27.0. The smallest absolute Gasteiger partial charge is 0.407 e. The summed E-state index contributed by atoms with van der Waals surface area (Å²) in [7, 11) is 1.28. The average Bonchev–Trinajstić information content (AvgIpc) is 3.53. The van der Waals surface area contributed by atoms with Gasteiger partial charge in [0.15, 0.2) is 6.23 Å². The number of amides is 1. The molecule has 1 unspecified atom stereocenters. The predicted octanol–water partition coefficient (Wildman–Crippen LogP) is 6.62. The highest BCUT2D eigenvalue weighted by Gasteiger charge is 2.51. The van der Waals surface area contributed by atoms with Crippen LogP contribution in [0.4, 0.5) is 4.79 Å². The summed E-state index contributed by atoms with van der Waals surface area (Å²) in [5, 5.41) is 12.3. The third-order valence-electron chi connectivity index (χ3n) is 9.61. The fourth-order valence-electron chi connectivity index (χ4n) is 7.09. The van der Waals surface area contributed by atoms with Crippen LogP contribution in [0.3, 0.4) is 0 Å². The number of methoxy groups -OCH3 is 2. The first-order valence-electron chi connectivity index (χ1n) is 19.5. The van der Waals surface area contributed by atoms with E-state index in [0.29, 0.717) is 11.5 Å². The summed E-state index contributed by atoms with van der Waals surface area (Å²) in [5.74, 6) is 1.30. The molecule has 1 aromatic heterocycles. The molecule has 1 fully saturated rings. The van der Waals surface area contributed by atoms with Crippen LogP contribution in [0.5, 0.6) is 11.5 Å². The van der Waals surface area contributed by atoms with Gasteiger partial charge in [-0.05, 0) is 82.5 Å². The molecule has 0 spiro atoms. The molecule has 5 atom stereocenters. The van der Waals surface area contributed by atoms with E-state index in [0.717, 1.165) is 16.7 Å². The SMILES string of the molecule is COc1ccc(C(OC[C@H]2O[C@@H](n3ccc(=O)[nH]c3=O)[C@H](NC(=O)OC(C)C)[C@@H]2OP(OCCC#N)N(C(C)C)C(C)C)(c2ccccc2)c2ccc(OC)cc2)cc1. The Kier molecular flexibility index (Phi) is 15.8. The Labute approximate surface area is 346 Å². The molecule has 1 amide bonds. The summed E-state index contributed by atoms with van der Waals surface area (Å²) in [5.41, 5.74) is -0.312. The van der Waals surface area contributed by atoms with Gasteiger partial charge in [-0.1, -0.05) is 54.6 Å². The fourth-order valence-corrected chi connectivity index (χ4v) is 8.87. The van der Waals surface area contributed by atoms with Gasteiger partial charge < -0.3 is 38.0 Å². The Hall–Kier alpha value is -5.07. The van der Waals surface area contributed by atoms with Crippen LogP contribution >= 0.6 is 8.53 Å². The Morgan fingerprint density at radius 3 is 1.98 bits per heavy atom. The maximum Gasteiger partial charge on any atom is 0.407 e. The van der Waals surface area contributed by atoms with Crippen molar-refractivity contribution in [2.45, 2.75) is 96.2 Å². The fraction of sp³-hybridized carbons (Fsp3) is 0.442. The number of aromatic nitrogens is 2. The van der Waals surface area contributed by atoms with E-state index in [-0.39, 0.29) is 31.7 Å². The summed E-state index contributed by atoms with van der Waals surface area (Å²) in [6.07, 6.45) is -3.09. The van der Waals surface area contributed by atoms with E-state index >= 15 is 0 Å². The van der Waals surface area contributed by atoms with Crippen molar-refractivity contribution in [1.82, 2.24) is 19.5 Å². The molecular formula is C43H54N5O10P. The van der Waals surface area contributed by atoms with Gasteiger partial charge in [-0.3, -0.25) is 14.3 Å². The van der Waals surface area contributed by atoms with Crippen LogP contribution in [0.15, 0.2) is 101 Å². The summed E-state index contributed by atoms with van der Waals surface area (Å²) >= 11 is 0. The number of nitrogens with zero attached hydrogens (tertiary/aromatic N) is 3. The van der Waals surface area contributed by atoms with E-state index in [4.69, 9.17) is 32.7 Å². The number of nitrogens with one attached hydrogen (secondary N) is 2. The minimum Gasteiger partial charge on any atom is -0.497 e. The predicted molar refractivity (Wildman–Crippen MR) is 222 cm³/mol. The molecule has 15 nitrogen and oxygen atoms in total. The summed E-state index contributed by atoms with van der Waals surface area (Å²) < 4.78 is 47.2. The normalized spacial score (nSPS) is 18.6. The minimum absolute atomic E-state index is 0.0639. The van der Waals surface area contributed by atoms with Crippen LogP contribution in [0.2, 0.25) is 0 Å². The summed E-state index contributed by atoms with van der Waals surface area (Å²) in [4.78, 5) is 41.5. The lowest BCUT2D eigenvalue weighted by atomic mass is 9.80. The maximum absolute atomic E-state index is 13.5. The number of benzene rings is 3. The second-order valence-corrected chi connectivity index (χ2v) is 16.0. The Balaban J connectivity index is 1.70. The van der Waals surface area contributed by atoms with Crippen molar-refractivity contribution in [2.24, 2.45) is 0 Å². The number of H-pyrrole nitrogens is 1. The molecule has 316 valence electrons. The summed E-state index contributed by atoms with van der Waals surface area (Å²) in [6.45, 7) is 11.4. The molecule has 1 aliphatic heterocycles. The van der Waals surface area contributed by atoms with Crippen molar-refractivity contribution in [2.75, 3.05) is 27.4 Å². The number of carbonyl (C=O) groups excluding carboxylic acids is 1. The standard InChI is InChI=1S/C43H54N5O10P/c1-28(2)48(29(3)4)59(55-26-12-24-44)58-39-36(57-40(38(39)46-42(51)56-30(5)6)47-25-23-37(49)45-41(47)50)27-54-43(31-13-10-9-11-14-31,32-15-19-34(52-7)20-16-32)33-17-21-35(53-8)22-18-33/h9-11,13-23,25,28-30,36,38-40H,12,26-27H2,1-8H3,(H,46,51)(H,45,49,50)/t36-,38-,39-,40-,59?/m1/s1. The van der Waals surface area contributed by atoms with Crippen molar-refractivity contribution in [1.29, 1.82) is 5.26 Å². The van der Waals surface area contributed by atoms with Crippen LogP contribution in [0, 0.1) is 11.3 Å². The molecule has 0 saturated carbocycles. The van der Waals surface area contributed by atoms with Gasteiger partial charge in [-0.25, -0.2) is 14.3 Å². The zero-order valence-corrected chi connectivity index (χ0v) is 35.6. The van der Waals surface area contributed by atoms with Crippen LogP contribution in [0.25, 0.3) is 0 Å². The molecule has 5 rings (SSSR count). The highest BCUT2D eigenvalue weighted by Crippen LogP contribution is 2.51. The van der Waals surface area contributed by atoms with E-state index < -0.39 is 62.1 Å². The first-order valence-corrected chi connectivity index (χ1v) is 20.6. The van der Waals surface area contributed by atoms with Gasteiger partial charge in [-0.15, -0.1) is 0 Å². The largest absolute Gasteiger partial charge is 0.497 e. The Morgan fingerprint density at radius 1 is 0.898 bits per heavy atom. The molecule has 4 aromatic rings. The first-order chi connectivity index (χ1) is 28.3. The van der Waals surface area contributed by atoms with Gasteiger partial charge >= 0.3 is 11.8 Å². The van der Waals surface area contributed by atoms with Crippen molar-refractivity contribution in [3.63, 3.8) is 0 Å². The highest BCUT2D eigenvalue weighted by atomic mass is 31.2. The van der Waals surface area contributed by atoms with Crippen molar-refractivity contribution in [3.8, 4) is 17.6 Å². The second-order valence-electron chi connectivity index (χ2n) is 14.6. The van der Waals surface area contributed by atoms with E-state index in [1.807, 2.05) is 107 Å². The van der Waals surface area contributed by atoms with Gasteiger partial charge in [0.25, 0.3) is 14.1 Å². The Morgan fingerprint density at radius 2 is 1.47 bits per heavy atom. The molecule has 2 N–H and O–H groups in total. The molecule has 16 heteroatoms. The number of ether oxygens (including phenoxy) is 5. The van der Waals surface area contributed by atoms with Crippen molar-refractivity contribution >= 4 is 14.6 Å². The van der Waals surface area contributed by atoms with Gasteiger partial charge in [0, 0.05) is 24.3 Å². The van der Waals surface area contributed by atoms with Crippen molar-refractivity contribution in [3.05, 3.63) is 129 Å². The number of carbonyl (C=O) groups is 1. The molecule has 0 bridgehead atoms. The van der Waals surface area contributed by atoms with Crippen molar-refractivity contribution < 1.29 is 37.5 Å². The lowest BCUT2D eigenvalue weighted by molar-refractivity contribution is -0.0928. The molecular weight excluding hydrogens is 777 g/mol. The number of hydrogen-bond donors (Lipinski definition) is 2. The first kappa shape index (κ1) is 45.0. The zero-order chi connectivity index (χ0) is 42.7. The monoisotopic (exact) mass is 831 g/mol. The third-order valence-corrected chi connectivity index (χ3v) is 11.7. The molecule has 1 saturated heterocycles. The lowest BCUT2D eigenvalue weighted by Crippen LogP contribution is -2.50. The average molecular weight is 832 g/mol. The number of rotatable bonds is 19. The Bertz CT molecular complexity index is 2050. The van der Waals surface area contributed by atoms with Gasteiger partial charge in [-0.2, -0.15) is 5.26 Å². The molecule has 1 aliphatic rings. The zero-order valence-electron chi connectivity index (χ0n) is 34.7. The molecule has 59 heavy (non-hydrogen) atoms. The topological polar surface area (TPSA) is 176 Å². The van der Waals surface area contributed by atoms with E-state index in [1.165, 1.54) is 16.8 Å². The second kappa shape index (κ2) is 20.8. The van der Waals surface area contributed by atoms with E-state index in [1.54, 1.807) is 28.1 Å². The van der Waals surface area contributed by atoms with Gasteiger partial charge in [0.05, 0.1) is 46.0 Å². The van der Waals surface area contributed by atoms with Crippen LogP contribution in [-0.4, -0.2) is 84.2 Å². The maximum atomic E-state index is 13.5. The molecule has 2 heterocycles. The van der Waals surface area contributed by atoms with Crippen LogP contribution in [-0.2, 0) is 28.9 Å².